The number of hydrogen-bond donors (Lipinski definition) is 1. The minimum atomic E-state index is 0.00749. The van der Waals surface area contributed by atoms with E-state index in [0.717, 1.165) is 28.1 Å². The second kappa shape index (κ2) is 3.23. The number of rotatable bonds is 1. The molecule has 82 valence electrons. The van der Waals surface area contributed by atoms with Crippen molar-refractivity contribution in [2.75, 3.05) is 5.73 Å². The Morgan fingerprint density at radius 2 is 2.07 bits per heavy atom. The molecule has 0 amide bonds. The van der Waals surface area contributed by atoms with E-state index < -0.39 is 0 Å². The van der Waals surface area contributed by atoms with Gasteiger partial charge in [-0.3, -0.25) is 0 Å². The highest BCUT2D eigenvalue weighted by Gasteiger charge is 2.25. The summed E-state index contributed by atoms with van der Waals surface area (Å²) in [7, 11) is 0. The molecule has 2 aromatic heterocycles. The van der Waals surface area contributed by atoms with Gasteiger partial charge in [0, 0.05) is 10.3 Å². The number of anilines is 1. The van der Waals surface area contributed by atoms with Gasteiger partial charge in [0.25, 0.3) is 0 Å². The van der Waals surface area contributed by atoms with Crippen molar-refractivity contribution in [2.45, 2.75) is 39.5 Å². The first kappa shape index (κ1) is 10.5. The van der Waals surface area contributed by atoms with Gasteiger partial charge < -0.3 is 10.3 Å². The number of aryl methyl sites for hydroxylation is 1. The lowest BCUT2D eigenvalue weighted by molar-refractivity contribution is 0.420. The first-order chi connectivity index (χ1) is 6.95. The molecule has 0 aromatic carbocycles. The topological polar surface area (TPSA) is 52.0 Å². The summed E-state index contributed by atoms with van der Waals surface area (Å²) in [6.07, 6.45) is 0.949. The van der Waals surface area contributed by atoms with Crippen molar-refractivity contribution in [2.24, 2.45) is 0 Å². The van der Waals surface area contributed by atoms with E-state index in [1.165, 1.54) is 4.88 Å². The van der Waals surface area contributed by atoms with E-state index in [1.807, 2.05) is 0 Å². The summed E-state index contributed by atoms with van der Waals surface area (Å²) in [5, 5.41) is 4.12. The van der Waals surface area contributed by atoms with Gasteiger partial charge in [0.05, 0.1) is 5.69 Å². The van der Waals surface area contributed by atoms with E-state index in [9.17, 15) is 0 Å². The zero-order chi connectivity index (χ0) is 11.2. The van der Waals surface area contributed by atoms with E-state index in [2.05, 4.69) is 32.9 Å². The molecule has 0 fully saturated rings. The fourth-order valence-corrected chi connectivity index (χ4v) is 2.87. The molecular formula is C11H16N2OS. The molecule has 0 saturated carbocycles. The van der Waals surface area contributed by atoms with Crippen molar-refractivity contribution in [1.82, 2.24) is 5.16 Å². The van der Waals surface area contributed by atoms with Crippen molar-refractivity contribution in [3.63, 3.8) is 0 Å². The molecule has 2 heterocycles. The van der Waals surface area contributed by atoms with Gasteiger partial charge in [0.1, 0.15) is 10.4 Å². The van der Waals surface area contributed by atoms with Crippen LogP contribution < -0.4 is 5.73 Å². The minimum absolute atomic E-state index is 0.00749. The predicted molar refractivity (Wildman–Crippen MR) is 64.4 cm³/mol. The molecule has 0 atom stereocenters. The first-order valence-corrected chi connectivity index (χ1v) is 5.93. The largest absolute Gasteiger partial charge is 0.395 e. The summed E-state index contributed by atoms with van der Waals surface area (Å²) in [5.41, 5.74) is 8.53. The summed E-state index contributed by atoms with van der Waals surface area (Å²) in [6.45, 7) is 8.49. The third kappa shape index (κ3) is 1.53. The quantitative estimate of drug-likeness (QED) is 0.808. The highest BCUT2D eigenvalue weighted by molar-refractivity contribution is 7.19. The number of nitrogens with two attached hydrogens (primary N) is 1. The molecule has 0 unspecified atom stereocenters. The summed E-state index contributed by atoms with van der Waals surface area (Å²) in [5.74, 6) is 0. The molecule has 0 saturated heterocycles. The Kier molecular flexibility index (Phi) is 2.26. The second-order valence-electron chi connectivity index (χ2n) is 4.73. The predicted octanol–water partition coefficient (Wildman–Crippen LogP) is 3.33. The highest BCUT2D eigenvalue weighted by Crippen LogP contribution is 2.39. The Balaban J connectivity index is 2.70. The molecule has 4 heteroatoms. The van der Waals surface area contributed by atoms with Gasteiger partial charge in [-0.25, -0.2) is 0 Å². The molecule has 2 aromatic rings. The zero-order valence-corrected chi connectivity index (χ0v) is 10.4. The zero-order valence-electron chi connectivity index (χ0n) is 9.55. The van der Waals surface area contributed by atoms with Crippen molar-refractivity contribution in [3.8, 4) is 0 Å². The third-order valence-corrected chi connectivity index (χ3v) is 3.79. The van der Waals surface area contributed by atoms with Crippen LogP contribution in [0.2, 0.25) is 0 Å². The molecule has 0 spiro atoms. The Labute approximate surface area is 93.2 Å². The lowest BCUT2D eigenvalue weighted by Crippen LogP contribution is -2.11. The first-order valence-electron chi connectivity index (χ1n) is 5.12. The van der Waals surface area contributed by atoms with Crippen LogP contribution in [0.25, 0.3) is 10.3 Å². The SMILES string of the molecule is CCc1sc2c(C(C)(C)C)noc2c1N. The molecule has 15 heavy (non-hydrogen) atoms. The van der Waals surface area contributed by atoms with Crippen LogP contribution in [0, 0.1) is 0 Å². The molecule has 2 N–H and O–H groups in total. The van der Waals surface area contributed by atoms with Crippen molar-refractivity contribution >= 4 is 27.3 Å². The lowest BCUT2D eigenvalue weighted by atomic mass is 9.92. The van der Waals surface area contributed by atoms with E-state index in [0.29, 0.717) is 0 Å². The van der Waals surface area contributed by atoms with Crippen LogP contribution in [0.4, 0.5) is 5.69 Å². The van der Waals surface area contributed by atoms with Crippen LogP contribution in [0.15, 0.2) is 4.52 Å². The maximum absolute atomic E-state index is 5.98. The average Bonchev–Trinajstić information content (AvgIpc) is 2.65. The van der Waals surface area contributed by atoms with Crippen molar-refractivity contribution in [3.05, 3.63) is 10.6 Å². The number of fused-ring (bicyclic) bond motifs is 1. The van der Waals surface area contributed by atoms with Gasteiger partial charge in [0.2, 0.25) is 5.58 Å². The van der Waals surface area contributed by atoms with Crippen molar-refractivity contribution in [1.29, 1.82) is 0 Å². The van der Waals surface area contributed by atoms with Crippen molar-refractivity contribution < 1.29 is 4.52 Å². The number of nitrogen functional groups attached to an aromatic ring is 1. The molecule has 0 bridgehead atoms. The van der Waals surface area contributed by atoms with Gasteiger partial charge in [-0.1, -0.05) is 32.9 Å². The Bertz CT molecular complexity index is 490. The number of hydrogen-bond acceptors (Lipinski definition) is 4. The van der Waals surface area contributed by atoms with Crippen LogP contribution in [0.3, 0.4) is 0 Å². The molecule has 0 aliphatic rings. The normalized spacial score (nSPS) is 12.5. The molecule has 0 radical (unpaired) electrons. The number of nitrogens with zero attached hydrogens (tertiary/aromatic N) is 1. The fraction of sp³-hybridized carbons (Fsp3) is 0.545. The van der Waals surface area contributed by atoms with Crippen LogP contribution in [0.1, 0.15) is 38.3 Å². The van der Waals surface area contributed by atoms with Gasteiger partial charge in [-0.05, 0) is 6.42 Å². The van der Waals surface area contributed by atoms with Crippen LogP contribution in [-0.2, 0) is 11.8 Å². The summed E-state index contributed by atoms with van der Waals surface area (Å²) in [6, 6.07) is 0. The second-order valence-corrected chi connectivity index (χ2v) is 5.84. The van der Waals surface area contributed by atoms with Crippen LogP contribution >= 0.6 is 11.3 Å². The van der Waals surface area contributed by atoms with E-state index in [1.54, 1.807) is 11.3 Å². The van der Waals surface area contributed by atoms with Gasteiger partial charge in [-0.15, -0.1) is 11.3 Å². The van der Waals surface area contributed by atoms with Gasteiger partial charge in [-0.2, -0.15) is 0 Å². The lowest BCUT2D eigenvalue weighted by Gasteiger charge is -2.13. The number of thiophene rings is 1. The third-order valence-electron chi connectivity index (χ3n) is 2.45. The van der Waals surface area contributed by atoms with Crippen LogP contribution in [-0.4, -0.2) is 5.16 Å². The standard InChI is InChI=1S/C11H16N2OS/c1-5-6-7(12)8-9(15-6)10(13-14-8)11(2,3)4/h5,12H2,1-4H3. The highest BCUT2D eigenvalue weighted by atomic mass is 32.1. The smallest absolute Gasteiger partial charge is 0.201 e. The van der Waals surface area contributed by atoms with Crippen LogP contribution in [0.5, 0.6) is 0 Å². The molecule has 0 aliphatic carbocycles. The Hall–Kier alpha value is -1.03. The minimum Gasteiger partial charge on any atom is -0.395 e. The van der Waals surface area contributed by atoms with Gasteiger partial charge in [0.15, 0.2) is 0 Å². The maximum atomic E-state index is 5.98. The van der Waals surface area contributed by atoms with E-state index in [-0.39, 0.29) is 5.41 Å². The maximum Gasteiger partial charge on any atom is 0.201 e. The number of aromatic nitrogens is 1. The van der Waals surface area contributed by atoms with E-state index >= 15 is 0 Å². The Morgan fingerprint density at radius 1 is 1.40 bits per heavy atom. The molecular weight excluding hydrogens is 208 g/mol. The average molecular weight is 224 g/mol. The molecule has 3 nitrogen and oxygen atoms in total. The van der Waals surface area contributed by atoms with Gasteiger partial charge >= 0.3 is 0 Å². The summed E-state index contributed by atoms with van der Waals surface area (Å²) >= 11 is 1.70. The fourth-order valence-electron chi connectivity index (χ4n) is 1.59. The molecule has 2 rings (SSSR count). The molecule has 0 aliphatic heterocycles. The summed E-state index contributed by atoms with van der Waals surface area (Å²) < 4.78 is 6.43. The van der Waals surface area contributed by atoms with E-state index in [4.69, 9.17) is 10.3 Å². The summed E-state index contributed by atoms with van der Waals surface area (Å²) in [4.78, 5) is 1.19. The monoisotopic (exact) mass is 224 g/mol. The Morgan fingerprint density at radius 3 is 2.60 bits per heavy atom.